The number of benzene rings is 2. The zero-order valence-electron chi connectivity index (χ0n) is 12.5. The summed E-state index contributed by atoms with van der Waals surface area (Å²) in [5.41, 5.74) is 4.38. The molecular formula is C19H20F2. The first-order valence-corrected chi connectivity index (χ1v) is 7.08. The van der Waals surface area contributed by atoms with Gasteiger partial charge in [-0.05, 0) is 42.5 Å². The topological polar surface area (TPSA) is 0 Å². The highest BCUT2D eigenvalue weighted by atomic mass is 19.3. The van der Waals surface area contributed by atoms with E-state index in [4.69, 9.17) is 0 Å². The molecule has 0 aliphatic carbocycles. The standard InChI is InChI=1S/C19H20F2/c1-14(2)17-8-4-6-15(12-17)10-11-16-7-5-9-18(13-16)19(3,20)21/h4-9,12-13H,1,10-11H2,2-3H3. The second kappa shape index (κ2) is 6.21. The summed E-state index contributed by atoms with van der Waals surface area (Å²) in [4.78, 5) is 0. The quantitative estimate of drug-likeness (QED) is 0.669. The third-order valence-electron chi connectivity index (χ3n) is 3.56. The van der Waals surface area contributed by atoms with Crippen LogP contribution in [0.5, 0.6) is 0 Å². The maximum atomic E-state index is 13.3. The van der Waals surface area contributed by atoms with Gasteiger partial charge in [-0.2, -0.15) is 0 Å². The molecule has 0 saturated carbocycles. The second-order valence-corrected chi connectivity index (χ2v) is 5.57. The van der Waals surface area contributed by atoms with Crippen LogP contribution >= 0.6 is 0 Å². The molecule has 2 rings (SSSR count). The van der Waals surface area contributed by atoms with Crippen molar-refractivity contribution in [2.45, 2.75) is 32.6 Å². The van der Waals surface area contributed by atoms with Crippen molar-refractivity contribution < 1.29 is 8.78 Å². The summed E-state index contributed by atoms with van der Waals surface area (Å²) in [6.45, 7) is 6.85. The van der Waals surface area contributed by atoms with Crippen molar-refractivity contribution in [2.75, 3.05) is 0 Å². The largest absolute Gasteiger partial charge is 0.270 e. The van der Waals surface area contributed by atoms with Crippen LogP contribution in [0.3, 0.4) is 0 Å². The molecule has 110 valence electrons. The summed E-state index contributed by atoms with van der Waals surface area (Å²) in [5, 5.41) is 0. The Morgan fingerprint density at radius 1 is 1.00 bits per heavy atom. The molecule has 0 heterocycles. The first-order valence-electron chi connectivity index (χ1n) is 7.08. The van der Waals surface area contributed by atoms with E-state index in [9.17, 15) is 8.78 Å². The molecule has 0 aliphatic rings. The van der Waals surface area contributed by atoms with Crippen molar-refractivity contribution in [1.29, 1.82) is 0 Å². The fraction of sp³-hybridized carbons (Fsp3) is 0.263. The van der Waals surface area contributed by atoms with Gasteiger partial charge in [-0.25, -0.2) is 8.78 Å². The summed E-state index contributed by atoms with van der Waals surface area (Å²) in [7, 11) is 0. The number of rotatable bonds is 5. The third-order valence-corrected chi connectivity index (χ3v) is 3.56. The van der Waals surface area contributed by atoms with Crippen molar-refractivity contribution in [3.63, 3.8) is 0 Å². The highest BCUT2D eigenvalue weighted by Crippen LogP contribution is 2.27. The Morgan fingerprint density at radius 2 is 1.57 bits per heavy atom. The van der Waals surface area contributed by atoms with Gasteiger partial charge in [0, 0.05) is 12.5 Å². The first-order chi connectivity index (χ1) is 9.86. The second-order valence-electron chi connectivity index (χ2n) is 5.57. The normalized spacial score (nSPS) is 11.4. The van der Waals surface area contributed by atoms with E-state index in [-0.39, 0.29) is 5.56 Å². The lowest BCUT2D eigenvalue weighted by molar-refractivity contribution is 0.0174. The molecular weight excluding hydrogens is 266 g/mol. The number of alkyl halides is 2. The Morgan fingerprint density at radius 3 is 2.14 bits per heavy atom. The fourth-order valence-electron chi connectivity index (χ4n) is 2.28. The number of halogens is 2. The molecule has 0 nitrogen and oxygen atoms in total. The van der Waals surface area contributed by atoms with Crippen LogP contribution < -0.4 is 0 Å². The van der Waals surface area contributed by atoms with E-state index in [2.05, 4.69) is 18.7 Å². The minimum absolute atomic E-state index is 0.0793. The summed E-state index contributed by atoms with van der Waals surface area (Å²) >= 11 is 0. The molecule has 0 fully saturated rings. The SMILES string of the molecule is C=C(C)c1cccc(CCc2cccc(C(C)(F)F)c2)c1. The Hall–Kier alpha value is -1.96. The van der Waals surface area contributed by atoms with Crippen LogP contribution in [0.4, 0.5) is 8.78 Å². The molecule has 0 N–H and O–H groups in total. The average Bonchev–Trinajstić information content (AvgIpc) is 2.45. The van der Waals surface area contributed by atoms with Gasteiger partial charge in [0.1, 0.15) is 0 Å². The molecule has 2 aromatic rings. The Bertz CT molecular complexity index is 636. The number of hydrogen-bond acceptors (Lipinski definition) is 0. The van der Waals surface area contributed by atoms with Crippen LogP contribution in [0.2, 0.25) is 0 Å². The Labute approximate surface area is 125 Å². The lowest BCUT2D eigenvalue weighted by atomic mass is 9.98. The smallest absolute Gasteiger partial charge is 0.202 e. The van der Waals surface area contributed by atoms with Gasteiger partial charge in [0.15, 0.2) is 0 Å². The molecule has 0 bridgehead atoms. The van der Waals surface area contributed by atoms with Crippen molar-refractivity contribution >= 4 is 5.57 Å². The molecule has 0 radical (unpaired) electrons. The Kier molecular flexibility index (Phi) is 4.56. The lowest BCUT2D eigenvalue weighted by Crippen LogP contribution is -2.07. The fourth-order valence-corrected chi connectivity index (χ4v) is 2.28. The van der Waals surface area contributed by atoms with Crippen LogP contribution in [-0.4, -0.2) is 0 Å². The van der Waals surface area contributed by atoms with E-state index in [1.807, 2.05) is 25.1 Å². The summed E-state index contributed by atoms with van der Waals surface area (Å²) in [6.07, 6.45) is 1.59. The minimum Gasteiger partial charge on any atom is -0.202 e. The minimum atomic E-state index is -2.78. The van der Waals surface area contributed by atoms with Crippen LogP contribution in [0, 0.1) is 0 Å². The van der Waals surface area contributed by atoms with E-state index in [0.717, 1.165) is 36.5 Å². The highest BCUT2D eigenvalue weighted by molar-refractivity contribution is 5.61. The summed E-state index contributed by atoms with van der Waals surface area (Å²) < 4.78 is 26.7. The predicted molar refractivity (Wildman–Crippen MR) is 84.6 cm³/mol. The number of aryl methyl sites for hydroxylation is 2. The zero-order chi connectivity index (χ0) is 15.5. The third kappa shape index (κ3) is 4.25. The molecule has 0 aromatic heterocycles. The average molecular weight is 286 g/mol. The van der Waals surface area contributed by atoms with Crippen molar-refractivity contribution in [3.05, 3.63) is 77.4 Å². The van der Waals surface area contributed by atoms with E-state index in [1.54, 1.807) is 12.1 Å². The monoisotopic (exact) mass is 286 g/mol. The van der Waals surface area contributed by atoms with Gasteiger partial charge in [0.2, 0.25) is 0 Å². The summed E-state index contributed by atoms with van der Waals surface area (Å²) in [5.74, 6) is -2.78. The van der Waals surface area contributed by atoms with Gasteiger partial charge < -0.3 is 0 Å². The maximum Gasteiger partial charge on any atom is 0.270 e. The van der Waals surface area contributed by atoms with Crippen molar-refractivity contribution in [1.82, 2.24) is 0 Å². The molecule has 0 aliphatic heterocycles. The van der Waals surface area contributed by atoms with E-state index < -0.39 is 5.92 Å². The molecule has 0 spiro atoms. The maximum absolute atomic E-state index is 13.3. The molecule has 0 atom stereocenters. The zero-order valence-corrected chi connectivity index (χ0v) is 12.5. The lowest BCUT2D eigenvalue weighted by Gasteiger charge is -2.12. The molecule has 2 aromatic carbocycles. The number of hydrogen-bond donors (Lipinski definition) is 0. The number of allylic oxidation sites excluding steroid dienone is 1. The van der Waals surface area contributed by atoms with Crippen molar-refractivity contribution in [2.24, 2.45) is 0 Å². The van der Waals surface area contributed by atoms with Crippen LogP contribution in [0.25, 0.3) is 5.57 Å². The van der Waals surface area contributed by atoms with Crippen LogP contribution in [-0.2, 0) is 18.8 Å². The Balaban J connectivity index is 2.10. The highest BCUT2D eigenvalue weighted by Gasteiger charge is 2.23. The van der Waals surface area contributed by atoms with Crippen LogP contribution in [0.1, 0.15) is 36.1 Å². The molecule has 21 heavy (non-hydrogen) atoms. The first kappa shape index (κ1) is 15.4. The molecule has 0 unspecified atom stereocenters. The van der Waals surface area contributed by atoms with Gasteiger partial charge in [-0.1, -0.05) is 54.6 Å². The van der Waals surface area contributed by atoms with Gasteiger partial charge in [0.05, 0.1) is 0 Å². The summed E-state index contributed by atoms with van der Waals surface area (Å²) in [6, 6.07) is 14.9. The van der Waals surface area contributed by atoms with E-state index in [0.29, 0.717) is 0 Å². The molecule has 0 saturated heterocycles. The van der Waals surface area contributed by atoms with Gasteiger partial charge >= 0.3 is 0 Å². The van der Waals surface area contributed by atoms with Gasteiger partial charge in [0.25, 0.3) is 5.92 Å². The van der Waals surface area contributed by atoms with Crippen molar-refractivity contribution in [3.8, 4) is 0 Å². The van der Waals surface area contributed by atoms with Gasteiger partial charge in [-0.15, -0.1) is 0 Å². The van der Waals surface area contributed by atoms with Crippen LogP contribution in [0.15, 0.2) is 55.1 Å². The van der Waals surface area contributed by atoms with E-state index in [1.165, 1.54) is 11.6 Å². The molecule has 2 heteroatoms. The van der Waals surface area contributed by atoms with Gasteiger partial charge in [-0.3, -0.25) is 0 Å². The molecule has 0 amide bonds. The predicted octanol–water partition coefficient (Wildman–Crippen LogP) is 5.62. The van der Waals surface area contributed by atoms with E-state index >= 15 is 0 Å².